The van der Waals surface area contributed by atoms with Crippen molar-refractivity contribution in [1.29, 1.82) is 0 Å². The molecule has 0 saturated carbocycles. The van der Waals surface area contributed by atoms with Crippen molar-refractivity contribution >= 4 is 33.3 Å². The van der Waals surface area contributed by atoms with E-state index in [9.17, 15) is 18.0 Å². The molecule has 0 heterocycles. The molecule has 0 aliphatic carbocycles. The molecule has 27 heavy (non-hydrogen) atoms. The van der Waals surface area contributed by atoms with Crippen LogP contribution in [0.2, 0.25) is 5.02 Å². The van der Waals surface area contributed by atoms with Crippen LogP contribution in [0, 0.1) is 0 Å². The molecule has 1 N–H and O–H groups in total. The van der Waals surface area contributed by atoms with Gasteiger partial charge in [-0.1, -0.05) is 42.8 Å². The lowest BCUT2D eigenvalue weighted by molar-refractivity contribution is -0.124. The Labute approximate surface area is 163 Å². The Kier molecular flexibility index (Phi) is 7.38. The molecule has 8 heteroatoms. The third-order valence-corrected chi connectivity index (χ3v) is 5.80. The van der Waals surface area contributed by atoms with Crippen LogP contribution in [0.1, 0.15) is 22.8 Å². The first-order valence-corrected chi connectivity index (χ1v) is 10.4. The molecule has 0 unspecified atom stereocenters. The van der Waals surface area contributed by atoms with Gasteiger partial charge in [0.25, 0.3) is 5.91 Å². The Morgan fingerprint density at radius 2 is 1.85 bits per heavy atom. The third kappa shape index (κ3) is 6.08. The van der Waals surface area contributed by atoms with Gasteiger partial charge in [-0.2, -0.15) is 0 Å². The van der Waals surface area contributed by atoms with Crippen LogP contribution < -0.4 is 5.32 Å². The standard InChI is InChI=1S/C19H20ClNO5S/c1-2-27(24,25)17-9-4-3-8-16(17)19(23)26-13-18(22)21-11-10-14-6-5-7-15(20)12-14/h3-9,12H,2,10-11,13H2,1H3,(H,21,22). The van der Waals surface area contributed by atoms with Crippen LogP contribution >= 0.6 is 11.6 Å². The summed E-state index contributed by atoms with van der Waals surface area (Å²) >= 11 is 5.90. The first kappa shape index (κ1) is 20.9. The van der Waals surface area contributed by atoms with Gasteiger partial charge in [0, 0.05) is 11.6 Å². The maximum Gasteiger partial charge on any atom is 0.339 e. The molecule has 0 saturated heterocycles. The van der Waals surface area contributed by atoms with E-state index in [1.54, 1.807) is 12.1 Å². The van der Waals surface area contributed by atoms with E-state index < -0.39 is 28.3 Å². The summed E-state index contributed by atoms with van der Waals surface area (Å²) < 4.78 is 29.1. The maximum absolute atomic E-state index is 12.2. The Morgan fingerprint density at radius 1 is 1.11 bits per heavy atom. The van der Waals surface area contributed by atoms with E-state index in [0.717, 1.165) is 5.56 Å². The minimum atomic E-state index is -3.57. The number of halogens is 1. The van der Waals surface area contributed by atoms with Crippen molar-refractivity contribution < 1.29 is 22.7 Å². The van der Waals surface area contributed by atoms with E-state index in [4.69, 9.17) is 16.3 Å². The third-order valence-electron chi connectivity index (χ3n) is 3.78. The number of benzene rings is 2. The summed E-state index contributed by atoms with van der Waals surface area (Å²) in [6, 6.07) is 13.1. The number of hydrogen-bond acceptors (Lipinski definition) is 5. The number of nitrogens with one attached hydrogen (secondary N) is 1. The molecule has 6 nitrogen and oxygen atoms in total. The minimum Gasteiger partial charge on any atom is -0.452 e. The summed E-state index contributed by atoms with van der Waals surface area (Å²) in [7, 11) is -3.57. The zero-order valence-corrected chi connectivity index (χ0v) is 16.3. The molecule has 0 bridgehead atoms. The largest absolute Gasteiger partial charge is 0.452 e. The molecular formula is C19H20ClNO5S. The lowest BCUT2D eigenvalue weighted by atomic mass is 10.1. The highest BCUT2D eigenvalue weighted by Gasteiger charge is 2.22. The molecule has 2 rings (SSSR count). The van der Waals surface area contributed by atoms with Gasteiger partial charge in [0.15, 0.2) is 16.4 Å². The van der Waals surface area contributed by atoms with Crippen molar-refractivity contribution in [2.45, 2.75) is 18.2 Å². The van der Waals surface area contributed by atoms with Crippen LogP contribution in [-0.2, 0) is 25.8 Å². The molecule has 0 radical (unpaired) electrons. The summed E-state index contributed by atoms with van der Waals surface area (Å²) in [5.74, 6) is -1.46. The van der Waals surface area contributed by atoms with E-state index in [-0.39, 0.29) is 16.2 Å². The predicted molar refractivity (Wildman–Crippen MR) is 103 cm³/mol. The second-order valence-corrected chi connectivity index (χ2v) is 8.39. The summed E-state index contributed by atoms with van der Waals surface area (Å²) in [4.78, 5) is 23.9. The number of hydrogen-bond donors (Lipinski definition) is 1. The molecule has 0 atom stereocenters. The molecule has 0 aliphatic heterocycles. The second-order valence-electron chi connectivity index (χ2n) is 5.71. The fraction of sp³-hybridized carbons (Fsp3) is 0.263. The molecule has 0 aliphatic rings. The van der Waals surface area contributed by atoms with Crippen LogP contribution in [0.4, 0.5) is 0 Å². The summed E-state index contributed by atoms with van der Waals surface area (Å²) in [6.45, 7) is 1.36. The van der Waals surface area contributed by atoms with E-state index in [0.29, 0.717) is 18.0 Å². The molecule has 0 aromatic heterocycles. The molecule has 0 spiro atoms. The maximum atomic E-state index is 12.2. The smallest absolute Gasteiger partial charge is 0.339 e. The highest BCUT2D eigenvalue weighted by Crippen LogP contribution is 2.18. The zero-order chi connectivity index (χ0) is 19.9. The quantitative estimate of drug-likeness (QED) is 0.677. The Bertz CT molecular complexity index is 927. The average Bonchev–Trinajstić information content (AvgIpc) is 2.66. The van der Waals surface area contributed by atoms with Gasteiger partial charge in [0.1, 0.15) is 0 Å². The summed E-state index contributed by atoms with van der Waals surface area (Å²) in [5.41, 5.74) is 0.893. The minimum absolute atomic E-state index is 0.0777. The van der Waals surface area contributed by atoms with Crippen molar-refractivity contribution in [3.63, 3.8) is 0 Å². The zero-order valence-electron chi connectivity index (χ0n) is 14.8. The molecule has 1 amide bonds. The van der Waals surface area contributed by atoms with Crippen LogP contribution in [0.25, 0.3) is 0 Å². The highest BCUT2D eigenvalue weighted by molar-refractivity contribution is 7.91. The van der Waals surface area contributed by atoms with E-state index in [1.165, 1.54) is 31.2 Å². The van der Waals surface area contributed by atoms with Gasteiger partial charge in [-0.25, -0.2) is 13.2 Å². The summed E-state index contributed by atoms with van der Waals surface area (Å²) in [6.07, 6.45) is 0.581. The number of carbonyl (C=O) groups is 2. The number of amides is 1. The topological polar surface area (TPSA) is 89.5 Å². The van der Waals surface area contributed by atoms with Crippen LogP contribution in [0.3, 0.4) is 0 Å². The summed E-state index contributed by atoms with van der Waals surface area (Å²) in [5, 5.41) is 3.25. The Morgan fingerprint density at radius 3 is 2.56 bits per heavy atom. The lowest BCUT2D eigenvalue weighted by Gasteiger charge is -2.10. The fourth-order valence-corrected chi connectivity index (χ4v) is 3.66. The van der Waals surface area contributed by atoms with Crippen LogP contribution in [0.5, 0.6) is 0 Å². The van der Waals surface area contributed by atoms with Gasteiger partial charge >= 0.3 is 5.97 Å². The predicted octanol–water partition coefficient (Wildman–Crippen LogP) is 2.65. The Hall–Kier alpha value is -2.38. The normalized spacial score (nSPS) is 11.0. The highest BCUT2D eigenvalue weighted by atomic mass is 35.5. The van der Waals surface area contributed by atoms with Gasteiger partial charge in [0.05, 0.1) is 16.2 Å². The fourth-order valence-electron chi connectivity index (χ4n) is 2.36. The monoisotopic (exact) mass is 409 g/mol. The number of esters is 1. The second kappa shape index (κ2) is 9.53. The lowest BCUT2D eigenvalue weighted by Crippen LogP contribution is -2.30. The van der Waals surface area contributed by atoms with Crippen LogP contribution in [-0.4, -0.2) is 39.2 Å². The van der Waals surface area contributed by atoms with Crippen molar-refractivity contribution in [2.75, 3.05) is 18.9 Å². The van der Waals surface area contributed by atoms with Crippen molar-refractivity contribution in [3.05, 3.63) is 64.7 Å². The molecule has 0 fully saturated rings. The first-order valence-electron chi connectivity index (χ1n) is 8.33. The van der Waals surface area contributed by atoms with E-state index in [2.05, 4.69) is 5.32 Å². The van der Waals surface area contributed by atoms with E-state index in [1.807, 2.05) is 12.1 Å². The van der Waals surface area contributed by atoms with Gasteiger partial charge in [0.2, 0.25) is 0 Å². The van der Waals surface area contributed by atoms with Gasteiger partial charge in [-0.05, 0) is 36.2 Å². The van der Waals surface area contributed by atoms with E-state index >= 15 is 0 Å². The number of sulfone groups is 1. The van der Waals surface area contributed by atoms with Crippen molar-refractivity contribution in [1.82, 2.24) is 5.32 Å². The van der Waals surface area contributed by atoms with Gasteiger partial charge < -0.3 is 10.1 Å². The molecule has 2 aromatic rings. The Balaban J connectivity index is 1.88. The van der Waals surface area contributed by atoms with Gasteiger partial charge in [-0.3, -0.25) is 4.79 Å². The number of rotatable bonds is 8. The molecular weight excluding hydrogens is 390 g/mol. The molecule has 144 valence electrons. The molecule has 2 aromatic carbocycles. The first-order chi connectivity index (χ1) is 12.8. The van der Waals surface area contributed by atoms with Crippen molar-refractivity contribution in [3.8, 4) is 0 Å². The SMILES string of the molecule is CCS(=O)(=O)c1ccccc1C(=O)OCC(=O)NCCc1cccc(Cl)c1. The van der Waals surface area contributed by atoms with Gasteiger partial charge in [-0.15, -0.1) is 0 Å². The number of ether oxygens (including phenoxy) is 1. The number of carbonyl (C=O) groups excluding carboxylic acids is 2. The van der Waals surface area contributed by atoms with Crippen LogP contribution in [0.15, 0.2) is 53.4 Å². The average molecular weight is 410 g/mol. The van der Waals surface area contributed by atoms with Crippen molar-refractivity contribution in [2.24, 2.45) is 0 Å².